The van der Waals surface area contributed by atoms with Crippen molar-refractivity contribution in [1.82, 2.24) is 9.88 Å². The second-order valence-electron chi connectivity index (χ2n) is 5.73. The molecule has 0 bridgehead atoms. The molecule has 2 nitrogen and oxygen atoms in total. The van der Waals surface area contributed by atoms with Crippen LogP contribution in [-0.2, 0) is 6.54 Å². The third-order valence-electron chi connectivity index (χ3n) is 3.59. The Balaban J connectivity index is 1.94. The van der Waals surface area contributed by atoms with Crippen LogP contribution in [0.5, 0.6) is 0 Å². The first-order valence-corrected chi connectivity index (χ1v) is 6.82. The predicted octanol–water partition coefficient (Wildman–Crippen LogP) is 3.44. The molecule has 1 unspecified atom stereocenters. The van der Waals surface area contributed by atoms with Gasteiger partial charge in [0.15, 0.2) is 0 Å². The number of aromatic nitrogens is 1. The summed E-state index contributed by atoms with van der Waals surface area (Å²) in [4.78, 5) is 7.09. The molecule has 0 saturated carbocycles. The molecule has 0 N–H and O–H groups in total. The molecule has 0 aromatic carbocycles. The van der Waals surface area contributed by atoms with E-state index >= 15 is 0 Å². The van der Waals surface area contributed by atoms with Gasteiger partial charge in [0.2, 0.25) is 0 Å². The van der Waals surface area contributed by atoms with E-state index in [0.717, 1.165) is 12.5 Å². The minimum absolute atomic E-state index is 0.527. The summed E-state index contributed by atoms with van der Waals surface area (Å²) in [7, 11) is 0. The van der Waals surface area contributed by atoms with Gasteiger partial charge in [-0.25, -0.2) is 0 Å². The number of hydrogen-bond donors (Lipinski definition) is 0. The van der Waals surface area contributed by atoms with Crippen molar-refractivity contribution < 1.29 is 0 Å². The Morgan fingerprint density at radius 2 is 2.24 bits per heavy atom. The number of rotatable bonds is 3. The third kappa shape index (κ3) is 3.53. The smallest absolute Gasteiger partial charge is 0.0429 e. The summed E-state index contributed by atoms with van der Waals surface area (Å²) in [5.41, 5.74) is 2.55. The highest BCUT2D eigenvalue weighted by atomic mass is 15.1. The molecule has 1 aromatic heterocycles. The lowest BCUT2D eigenvalue weighted by molar-refractivity contribution is 0.176. The van der Waals surface area contributed by atoms with Crippen LogP contribution in [0.3, 0.4) is 0 Å². The largest absolute Gasteiger partial charge is 0.299 e. The fraction of sp³-hybridized carbons (Fsp3) is 0.667. The number of hydrogen-bond acceptors (Lipinski definition) is 2. The van der Waals surface area contributed by atoms with Crippen LogP contribution in [0, 0.1) is 5.92 Å². The second kappa shape index (κ2) is 5.63. The van der Waals surface area contributed by atoms with Crippen molar-refractivity contribution >= 4 is 0 Å². The first-order chi connectivity index (χ1) is 8.15. The van der Waals surface area contributed by atoms with Gasteiger partial charge in [-0.1, -0.05) is 26.8 Å². The van der Waals surface area contributed by atoms with E-state index in [4.69, 9.17) is 0 Å². The van der Waals surface area contributed by atoms with Gasteiger partial charge in [-0.2, -0.15) is 0 Å². The topological polar surface area (TPSA) is 16.1 Å². The maximum atomic E-state index is 4.54. The lowest BCUT2D eigenvalue weighted by atomic mass is 10.00. The maximum absolute atomic E-state index is 4.54. The number of nitrogens with zero attached hydrogens (tertiary/aromatic N) is 2. The molecule has 0 aliphatic carbocycles. The SMILES string of the molecule is CC1CCCN(Cc2ccc(C(C)C)nc2)C1. The number of pyridine rings is 1. The van der Waals surface area contributed by atoms with Crippen LogP contribution in [0.4, 0.5) is 0 Å². The van der Waals surface area contributed by atoms with Crippen LogP contribution in [0.25, 0.3) is 0 Å². The molecular weight excluding hydrogens is 208 g/mol. The zero-order valence-electron chi connectivity index (χ0n) is 11.3. The summed E-state index contributed by atoms with van der Waals surface area (Å²) in [6, 6.07) is 4.41. The molecule has 1 aliphatic rings. The maximum Gasteiger partial charge on any atom is 0.0429 e. The lowest BCUT2D eigenvalue weighted by Gasteiger charge is -2.30. The van der Waals surface area contributed by atoms with Crippen LogP contribution < -0.4 is 0 Å². The molecule has 1 aromatic rings. The monoisotopic (exact) mass is 232 g/mol. The van der Waals surface area contributed by atoms with Gasteiger partial charge in [0.1, 0.15) is 0 Å². The fourth-order valence-electron chi connectivity index (χ4n) is 2.56. The van der Waals surface area contributed by atoms with Crippen LogP contribution in [-0.4, -0.2) is 23.0 Å². The summed E-state index contributed by atoms with van der Waals surface area (Å²) in [5, 5.41) is 0. The van der Waals surface area contributed by atoms with E-state index < -0.39 is 0 Å². The van der Waals surface area contributed by atoms with Gasteiger partial charge in [0, 0.05) is 25.0 Å². The molecule has 0 amide bonds. The molecule has 17 heavy (non-hydrogen) atoms. The Labute approximate surface area is 105 Å². The fourth-order valence-corrected chi connectivity index (χ4v) is 2.56. The van der Waals surface area contributed by atoms with E-state index in [9.17, 15) is 0 Å². The highest BCUT2D eigenvalue weighted by Gasteiger charge is 2.16. The minimum atomic E-state index is 0.527. The van der Waals surface area contributed by atoms with Crippen molar-refractivity contribution in [2.45, 2.75) is 46.1 Å². The third-order valence-corrected chi connectivity index (χ3v) is 3.59. The molecule has 2 heterocycles. The van der Waals surface area contributed by atoms with E-state index in [2.05, 4.69) is 49.0 Å². The van der Waals surface area contributed by atoms with Crippen molar-refractivity contribution in [2.75, 3.05) is 13.1 Å². The lowest BCUT2D eigenvalue weighted by Crippen LogP contribution is -2.33. The van der Waals surface area contributed by atoms with Crippen LogP contribution in [0.15, 0.2) is 18.3 Å². The van der Waals surface area contributed by atoms with Gasteiger partial charge in [-0.05, 0) is 42.9 Å². The first-order valence-electron chi connectivity index (χ1n) is 6.82. The molecule has 94 valence electrons. The summed E-state index contributed by atoms with van der Waals surface area (Å²) < 4.78 is 0. The Kier molecular flexibility index (Phi) is 4.16. The number of likely N-dealkylation sites (tertiary alicyclic amines) is 1. The highest BCUT2D eigenvalue weighted by Crippen LogP contribution is 2.18. The van der Waals surface area contributed by atoms with Crippen molar-refractivity contribution in [3.8, 4) is 0 Å². The minimum Gasteiger partial charge on any atom is -0.299 e. The van der Waals surface area contributed by atoms with Crippen molar-refractivity contribution in [2.24, 2.45) is 5.92 Å². The van der Waals surface area contributed by atoms with Gasteiger partial charge >= 0.3 is 0 Å². The Hall–Kier alpha value is -0.890. The van der Waals surface area contributed by atoms with Crippen LogP contribution in [0.1, 0.15) is 50.8 Å². The predicted molar refractivity (Wildman–Crippen MR) is 72.0 cm³/mol. The molecule has 0 radical (unpaired) electrons. The molecule has 1 fully saturated rings. The summed E-state index contributed by atoms with van der Waals surface area (Å²) in [5.74, 6) is 1.38. The van der Waals surface area contributed by atoms with Crippen molar-refractivity contribution in [3.63, 3.8) is 0 Å². The summed E-state index contributed by atoms with van der Waals surface area (Å²) >= 11 is 0. The molecule has 1 atom stereocenters. The number of piperidine rings is 1. The summed E-state index contributed by atoms with van der Waals surface area (Å²) in [6.45, 7) is 10.3. The molecule has 2 rings (SSSR count). The zero-order valence-corrected chi connectivity index (χ0v) is 11.3. The molecule has 0 spiro atoms. The Bertz CT molecular complexity index is 342. The second-order valence-corrected chi connectivity index (χ2v) is 5.73. The quantitative estimate of drug-likeness (QED) is 0.793. The van der Waals surface area contributed by atoms with E-state index in [1.165, 1.54) is 37.2 Å². The van der Waals surface area contributed by atoms with E-state index in [0.29, 0.717) is 5.92 Å². The Morgan fingerprint density at radius 1 is 1.41 bits per heavy atom. The Morgan fingerprint density at radius 3 is 2.82 bits per heavy atom. The van der Waals surface area contributed by atoms with E-state index in [1.54, 1.807) is 0 Å². The van der Waals surface area contributed by atoms with Crippen molar-refractivity contribution in [1.29, 1.82) is 0 Å². The van der Waals surface area contributed by atoms with Gasteiger partial charge in [0.05, 0.1) is 0 Å². The van der Waals surface area contributed by atoms with Crippen molar-refractivity contribution in [3.05, 3.63) is 29.6 Å². The average Bonchev–Trinajstić information content (AvgIpc) is 2.29. The summed E-state index contributed by atoms with van der Waals surface area (Å²) in [6.07, 6.45) is 4.79. The van der Waals surface area contributed by atoms with Crippen LogP contribution >= 0.6 is 0 Å². The standard InChI is InChI=1S/C15H24N2/c1-12(2)15-7-6-14(9-16-15)11-17-8-4-5-13(3)10-17/h6-7,9,12-13H,4-5,8,10-11H2,1-3H3. The molecular formula is C15H24N2. The van der Waals surface area contributed by atoms with Gasteiger partial charge in [-0.15, -0.1) is 0 Å². The van der Waals surface area contributed by atoms with Gasteiger partial charge in [0.25, 0.3) is 0 Å². The molecule has 1 saturated heterocycles. The van der Waals surface area contributed by atoms with Crippen LogP contribution in [0.2, 0.25) is 0 Å². The highest BCUT2D eigenvalue weighted by molar-refractivity contribution is 5.16. The molecule has 1 aliphatic heterocycles. The molecule has 2 heteroatoms. The van der Waals surface area contributed by atoms with Gasteiger partial charge in [-0.3, -0.25) is 9.88 Å². The normalized spacial score (nSPS) is 22.0. The first kappa shape index (κ1) is 12.6. The van der Waals surface area contributed by atoms with Gasteiger partial charge < -0.3 is 0 Å². The zero-order chi connectivity index (χ0) is 12.3. The average molecular weight is 232 g/mol. The van der Waals surface area contributed by atoms with E-state index in [1.807, 2.05) is 0 Å². The van der Waals surface area contributed by atoms with E-state index in [-0.39, 0.29) is 0 Å².